The first-order valence-electron chi connectivity index (χ1n) is 7.56. The third kappa shape index (κ3) is 7.01. The minimum Gasteiger partial charge on any atom is -0.306 e. The Balaban J connectivity index is 2.12. The third-order valence-electron chi connectivity index (χ3n) is 3.83. The second kappa shape index (κ2) is 8.44. The molecule has 0 aromatic rings. The molecule has 18 heavy (non-hydrogen) atoms. The number of hydrogen-bond acceptors (Lipinski definition) is 3. The summed E-state index contributed by atoms with van der Waals surface area (Å²) in [6.45, 7) is 13.0. The topological polar surface area (TPSA) is 6.48 Å². The normalized spacial score (nSPS) is 20.8. The van der Waals surface area contributed by atoms with Crippen molar-refractivity contribution in [3.05, 3.63) is 0 Å². The van der Waals surface area contributed by atoms with E-state index in [9.17, 15) is 0 Å². The highest BCUT2D eigenvalue weighted by atomic mass is 32.1. The molecular weight excluding hydrogens is 240 g/mol. The quantitative estimate of drug-likeness (QED) is 0.712. The molecule has 0 spiro atoms. The SMILES string of the molecule is CC(C)CN(C)CCC1CCN(CC(C)S)CC1. The van der Waals surface area contributed by atoms with Crippen molar-refractivity contribution in [2.45, 2.75) is 45.3 Å². The Hall–Kier alpha value is 0.270. The van der Waals surface area contributed by atoms with E-state index in [0.29, 0.717) is 5.25 Å². The van der Waals surface area contributed by atoms with E-state index < -0.39 is 0 Å². The molecule has 1 saturated heterocycles. The summed E-state index contributed by atoms with van der Waals surface area (Å²) in [5.41, 5.74) is 0. The minimum atomic E-state index is 0.513. The van der Waals surface area contributed by atoms with Gasteiger partial charge in [0.25, 0.3) is 0 Å². The van der Waals surface area contributed by atoms with Crippen LogP contribution in [0.25, 0.3) is 0 Å². The molecule has 0 bridgehead atoms. The minimum absolute atomic E-state index is 0.513. The molecule has 0 saturated carbocycles. The summed E-state index contributed by atoms with van der Waals surface area (Å²) in [7, 11) is 2.26. The van der Waals surface area contributed by atoms with E-state index in [1.165, 1.54) is 45.4 Å². The monoisotopic (exact) mass is 272 g/mol. The van der Waals surface area contributed by atoms with Crippen LogP contribution in [0.2, 0.25) is 0 Å². The highest BCUT2D eigenvalue weighted by Crippen LogP contribution is 2.21. The van der Waals surface area contributed by atoms with Gasteiger partial charge in [0.15, 0.2) is 0 Å². The summed E-state index contributed by atoms with van der Waals surface area (Å²) < 4.78 is 0. The number of nitrogens with zero attached hydrogens (tertiary/aromatic N) is 2. The molecule has 3 heteroatoms. The van der Waals surface area contributed by atoms with Crippen molar-refractivity contribution in [3.8, 4) is 0 Å². The predicted octanol–water partition coefficient (Wildman–Crippen LogP) is 2.99. The number of thiol groups is 1. The summed E-state index contributed by atoms with van der Waals surface area (Å²) in [4.78, 5) is 5.07. The van der Waals surface area contributed by atoms with Gasteiger partial charge in [0.05, 0.1) is 0 Å². The zero-order chi connectivity index (χ0) is 13.5. The van der Waals surface area contributed by atoms with Gasteiger partial charge in [-0.1, -0.05) is 20.8 Å². The summed E-state index contributed by atoms with van der Waals surface area (Å²) in [6, 6.07) is 0. The maximum absolute atomic E-state index is 4.48. The van der Waals surface area contributed by atoms with Crippen LogP contribution in [0.1, 0.15) is 40.0 Å². The van der Waals surface area contributed by atoms with E-state index in [0.717, 1.165) is 18.4 Å². The van der Waals surface area contributed by atoms with E-state index in [2.05, 4.69) is 50.2 Å². The first-order valence-corrected chi connectivity index (χ1v) is 8.08. The van der Waals surface area contributed by atoms with Crippen molar-refractivity contribution >= 4 is 12.6 Å². The molecule has 0 aromatic carbocycles. The first kappa shape index (κ1) is 16.3. The van der Waals surface area contributed by atoms with Crippen molar-refractivity contribution in [1.82, 2.24) is 9.80 Å². The van der Waals surface area contributed by atoms with Gasteiger partial charge in [0.2, 0.25) is 0 Å². The molecule has 1 rings (SSSR count). The van der Waals surface area contributed by atoms with Crippen LogP contribution < -0.4 is 0 Å². The van der Waals surface area contributed by atoms with Crippen LogP contribution in [0.5, 0.6) is 0 Å². The zero-order valence-corrected chi connectivity index (χ0v) is 13.6. The lowest BCUT2D eigenvalue weighted by atomic mass is 9.93. The lowest BCUT2D eigenvalue weighted by molar-refractivity contribution is 0.168. The maximum Gasteiger partial charge on any atom is 0.0116 e. The molecule has 1 atom stereocenters. The van der Waals surface area contributed by atoms with Crippen LogP contribution in [0, 0.1) is 11.8 Å². The summed E-state index contributed by atoms with van der Waals surface area (Å²) in [5.74, 6) is 1.74. The molecule has 1 aliphatic heterocycles. The van der Waals surface area contributed by atoms with Crippen LogP contribution in [0.4, 0.5) is 0 Å². The molecule has 0 aromatic heterocycles. The molecule has 0 amide bonds. The fourth-order valence-electron chi connectivity index (χ4n) is 2.95. The predicted molar refractivity (Wildman–Crippen MR) is 84.6 cm³/mol. The second-order valence-electron chi connectivity index (χ2n) is 6.54. The molecule has 1 fully saturated rings. The molecular formula is C15H32N2S. The van der Waals surface area contributed by atoms with Gasteiger partial charge in [0, 0.05) is 18.3 Å². The lowest BCUT2D eigenvalue weighted by Gasteiger charge is -2.33. The van der Waals surface area contributed by atoms with Gasteiger partial charge < -0.3 is 9.80 Å². The number of rotatable bonds is 7. The smallest absolute Gasteiger partial charge is 0.0116 e. The Kier molecular flexibility index (Phi) is 7.66. The number of hydrogen-bond donors (Lipinski definition) is 1. The molecule has 0 radical (unpaired) electrons. The van der Waals surface area contributed by atoms with Crippen LogP contribution >= 0.6 is 12.6 Å². The molecule has 1 aliphatic rings. The summed E-state index contributed by atoms with van der Waals surface area (Å²) >= 11 is 4.48. The molecule has 0 aliphatic carbocycles. The first-order chi connectivity index (χ1) is 8.47. The van der Waals surface area contributed by atoms with Crippen molar-refractivity contribution in [3.63, 3.8) is 0 Å². The fraction of sp³-hybridized carbons (Fsp3) is 1.00. The van der Waals surface area contributed by atoms with Gasteiger partial charge in [-0.3, -0.25) is 0 Å². The van der Waals surface area contributed by atoms with Gasteiger partial charge in [-0.15, -0.1) is 0 Å². The van der Waals surface area contributed by atoms with E-state index >= 15 is 0 Å². The van der Waals surface area contributed by atoms with Gasteiger partial charge in [-0.25, -0.2) is 0 Å². The third-order valence-corrected chi connectivity index (χ3v) is 3.99. The Labute approximate surface area is 120 Å². The standard InChI is InChI=1S/C15H32N2S/c1-13(2)11-16(4)8-5-15-6-9-17(10-7-15)12-14(3)18/h13-15,18H,5-12H2,1-4H3. The lowest BCUT2D eigenvalue weighted by Crippen LogP contribution is -2.37. The largest absolute Gasteiger partial charge is 0.306 e. The van der Waals surface area contributed by atoms with Gasteiger partial charge in [0.1, 0.15) is 0 Å². The Morgan fingerprint density at radius 1 is 1.22 bits per heavy atom. The number of likely N-dealkylation sites (tertiary alicyclic amines) is 1. The number of piperidine rings is 1. The van der Waals surface area contributed by atoms with E-state index in [-0.39, 0.29) is 0 Å². The zero-order valence-electron chi connectivity index (χ0n) is 12.7. The van der Waals surface area contributed by atoms with Crippen LogP contribution in [-0.4, -0.2) is 54.8 Å². The fourth-order valence-corrected chi connectivity index (χ4v) is 3.18. The molecule has 1 heterocycles. The van der Waals surface area contributed by atoms with Gasteiger partial charge in [-0.2, -0.15) is 12.6 Å². The maximum atomic E-state index is 4.48. The van der Waals surface area contributed by atoms with Gasteiger partial charge >= 0.3 is 0 Å². The average molecular weight is 273 g/mol. The van der Waals surface area contributed by atoms with Crippen molar-refractivity contribution < 1.29 is 0 Å². The van der Waals surface area contributed by atoms with E-state index in [1.807, 2.05) is 0 Å². The molecule has 0 N–H and O–H groups in total. The van der Waals surface area contributed by atoms with E-state index in [1.54, 1.807) is 0 Å². The molecule has 108 valence electrons. The average Bonchev–Trinajstić information content (AvgIpc) is 2.26. The molecule has 2 nitrogen and oxygen atoms in total. The van der Waals surface area contributed by atoms with Crippen molar-refractivity contribution in [2.75, 3.05) is 39.8 Å². The molecule has 1 unspecified atom stereocenters. The van der Waals surface area contributed by atoms with Crippen LogP contribution in [0.3, 0.4) is 0 Å². The van der Waals surface area contributed by atoms with Crippen LogP contribution in [-0.2, 0) is 0 Å². The highest BCUT2D eigenvalue weighted by Gasteiger charge is 2.19. The Morgan fingerprint density at radius 2 is 1.83 bits per heavy atom. The van der Waals surface area contributed by atoms with Crippen LogP contribution in [0.15, 0.2) is 0 Å². The van der Waals surface area contributed by atoms with Gasteiger partial charge in [-0.05, 0) is 57.8 Å². The van der Waals surface area contributed by atoms with Crippen molar-refractivity contribution in [1.29, 1.82) is 0 Å². The van der Waals surface area contributed by atoms with E-state index in [4.69, 9.17) is 0 Å². The van der Waals surface area contributed by atoms with Crippen molar-refractivity contribution in [2.24, 2.45) is 11.8 Å². The highest BCUT2D eigenvalue weighted by molar-refractivity contribution is 7.80. The Bertz CT molecular complexity index is 211. The summed E-state index contributed by atoms with van der Waals surface area (Å²) in [6.07, 6.45) is 4.15. The summed E-state index contributed by atoms with van der Waals surface area (Å²) in [5, 5.41) is 0.513. The Morgan fingerprint density at radius 3 is 2.33 bits per heavy atom. The second-order valence-corrected chi connectivity index (χ2v) is 7.42.